The van der Waals surface area contributed by atoms with Crippen LogP contribution in [0.15, 0.2) is 43.0 Å². The van der Waals surface area contributed by atoms with Crippen molar-refractivity contribution in [3.63, 3.8) is 0 Å². The summed E-state index contributed by atoms with van der Waals surface area (Å²) in [4.78, 5) is 2.60. The maximum absolute atomic E-state index is 3.92. The topological polar surface area (TPSA) is 15.3 Å². The molecule has 2 heteroatoms. The van der Waals surface area contributed by atoms with E-state index in [1.54, 1.807) is 0 Å². The monoisotopic (exact) mass is 258 g/mol. The second kappa shape index (κ2) is 7.46. The van der Waals surface area contributed by atoms with Gasteiger partial charge in [-0.1, -0.05) is 43.3 Å². The van der Waals surface area contributed by atoms with Crippen LogP contribution in [0.3, 0.4) is 0 Å². The molecule has 0 aliphatic heterocycles. The van der Waals surface area contributed by atoms with Crippen LogP contribution in [0.2, 0.25) is 0 Å². The zero-order valence-electron chi connectivity index (χ0n) is 12.0. The first-order chi connectivity index (χ1) is 9.36. The fourth-order valence-electron chi connectivity index (χ4n) is 2.60. The summed E-state index contributed by atoms with van der Waals surface area (Å²) >= 11 is 0. The molecule has 0 amide bonds. The largest absolute Gasteiger partial charge is 0.315 e. The summed E-state index contributed by atoms with van der Waals surface area (Å²) < 4.78 is 0. The van der Waals surface area contributed by atoms with Crippen LogP contribution in [0.5, 0.6) is 0 Å². The van der Waals surface area contributed by atoms with E-state index in [-0.39, 0.29) is 0 Å². The van der Waals surface area contributed by atoms with Gasteiger partial charge in [-0.2, -0.15) is 0 Å². The van der Waals surface area contributed by atoms with E-state index in [9.17, 15) is 0 Å². The molecule has 1 aromatic carbocycles. The van der Waals surface area contributed by atoms with Crippen LogP contribution in [-0.2, 0) is 0 Å². The molecule has 1 fully saturated rings. The minimum absolute atomic E-state index is 0.471. The van der Waals surface area contributed by atoms with E-state index in [4.69, 9.17) is 0 Å². The lowest BCUT2D eigenvalue weighted by Crippen LogP contribution is -2.37. The van der Waals surface area contributed by atoms with Crippen molar-refractivity contribution >= 4 is 0 Å². The van der Waals surface area contributed by atoms with Crippen LogP contribution in [0.25, 0.3) is 0 Å². The molecule has 0 saturated heterocycles. The van der Waals surface area contributed by atoms with E-state index >= 15 is 0 Å². The Kier molecular flexibility index (Phi) is 5.62. The molecule has 0 spiro atoms. The Morgan fingerprint density at radius 2 is 2.11 bits per heavy atom. The van der Waals surface area contributed by atoms with Crippen molar-refractivity contribution in [3.05, 3.63) is 48.6 Å². The van der Waals surface area contributed by atoms with Gasteiger partial charge in [0.05, 0.1) is 0 Å². The van der Waals surface area contributed by atoms with E-state index in [1.165, 1.54) is 24.8 Å². The van der Waals surface area contributed by atoms with Gasteiger partial charge >= 0.3 is 0 Å². The Morgan fingerprint density at radius 3 is 2.68 bits per heavy atom. The van der Waals surface area contributed by atoms with Gasteiger partial charge in [-0.25, -0.2) is 0 Å². The van der Waals surface area contributed by atoms with Gasteiger partial charge in [-0.15, -0.1) is 6.58 Å². The highest BCUT2D eigenvalue weighted by molar-refractivity contribution is 5.20. The first-order valence-electron chi connectivity index (χ1n) is 7.49. The summed E-state index contributed by atoms with van der Waals surface area (Å²) in [5.41, 5.74) is 1.42. The Morgan fingerprint density at radius 1 is 1.37 bits per heavy atom. The van der Waals surface area contributed by atoms with Gasteiger partial charge in [0.25, 0.3) is 0 Å². The second-order valence-electron chi connectivity index (χ2n) is 5.35. The molecule has 0 aromatic heterocycles. The average molecular weight is 258 g/mol. The summed E-state index contributed by atoms with van der Waals surface area (Å²) in [5, 5.41) is 3.58. The lowest BCUT2D eigenvalue weighted by molar-refractivity contribution is 0.203. The van der Waals surface area contributed by atoms with Gasteiger partial charge < -0.3 is 5.32 Å². The number of benzene rings is 1. The molecule has 1 N–H and O–H groups in total. The summed E-state index contributed by atoms with van der Waals surface area (Å²) in [5.74, 6) is 0. The summed E-state index contributed by atoms with van der Waals surface area (Å²) in [7, 11) is 0. The highest BCUT2D eigenvalue weighted by Crippen LogP contribution is 2.34. The quantitative estimate of drug-likeness (QED) is 0.539. The van der Waals surface area contributed by atoms with E-state index < -0.39 is 0 Å². The number of rotatable bonds is 9. The first-order valence-corrected chi connectivity index (χ1v) is 7.49. The summed E-state index contributed by atoms with van der Waals surface area (Å²) in [6.45, 7) is 9.24. The molecular weight excluding hydrogens is 232 g/mol. The minimum Gasteiger partial charge on any atom is -0.315 e. The van der Waals surface area contributed by atoms with Crippen LogP contribution in [0.1, 0.15) is 37.8 Å². The lowest BCUT2D eigenvalue weighted by Gasteiger charge is -2.31. The molecule has 104 valence electrons. The van der Waals surface area contributed by atoms with Crippen molar-refractivity contribution in [1.82, 2.24) is 10.2 Å². The lowest BCUT2D eigenvalue weighted by atomic mass is 10.0. The fourth-order valence-corrected chi connectivity index (χ4v) is 2.60. The highest BCUT2D eigenvalue weighted by atomic mass is 15.2. The SMILES string of the molecule is C=CCN(C1CC1)C(CNCCC)c1ccccc1. The molecule has 2 rings (SSSR count). The smallest absolute Gasteiger partial charge is 0.0478 e. The summed E-state index contributed by atoms with van der Waals surface area (Å²) in [6.07, 6.45) is 5.90. The van der Waals surface area contributed by atoms with E-state index in [0.29, 0.717) is 6.04 Å². The van der Waals surface area contributed by atoms with Crippen LogP contribution in [-0.4, -0.2) is 30.6 Å². The Balaban J connectivity index is 2.09. The molecule has 0 heterocycles. The van der Waals surface area contributed by atoms with Gasteiger partial charge in [-0.3, -0.25) is 4.90 Å². The van der Waals surface area contributed by atoms with E-state index in [0.717, 1.165) is 25.7 Å². The predicted molar refractivity (Wildman–Crippen MR) is 82.3 cm³/mol. The third-order valence-electron chi connectivity index (χ3n) is 3.70. The van der Waals surface area contributed by atoms with Crippen LogP contribution in [0.4, 0.5) is 0 Å². The van der Waals surface area contributed by atoms with Crippen molar-refractivity contribution in [2.45, 2.75) is 38.3 Å². The van der Waals surface area contributed by atoms with Gasteiger partial charge in [0.2, 0.25) is 0 Å². The Bertz CT molecular complexity index is 370. The molecule has 0 bridgehead atoms. The second-order valence-corrected chi connectivity index (χ2v) is 5.35. The molecule has 1 atom stereocenters. The zero-order chi connectivity index (χ0) is 13.5. The number of nitrogens with one attached hydrogen (secondary N) is 1. The van der Waals surface area contributed by atoms with Crippen LogP contribution >= 0.6 is 0 Å². The molecule has 2 nitrogen and oxygen atoms in total. The van der Waals surface area contributed by atoms with Crippen molar-refractivity contribution < 1.29 is 0 Å². The fraction of sp³-hybridized carbons (Fsp3) is 0.529. The third kappa shape index (κ3) is 4.19. The van der Waals surface area contributed by atoms with Crippen molar-refractivity contribution in [3.8, 4) is 0 Å². The third-order valence-corrected chi connectivity index (χ3v) is 3.70. The van der Waals surface area contributed by atoms with Crippen LogP contribution < -0.4 is 5.32 Å². The minimum atomic E-state index is 0.471. The number of nitrogens with zero attached hydrogens (tertiary/aromatic N) is 1. The van der Waals surface area contributed by atoms with Crippen molar-refractivity contribution in [1.29, 1.82) is 0 Å². The standard InChI is InChI=1S/C17H26N2/c1-3-12-18-14-17(15-8-6-5-7-9-15)19(13-4-2)16-10-11-16/h4-9,16-18H,2-3,10-14H2,1H3. The Hall–Kier alpha value is -1.12. The molecule has 1 saturated carbocycles. The normalized spacial score (nSPS) is 16.5. The van der Waals surface area contributed by atoms with E-state index in [2.05, 4.69) is 54.1 Å². The highest BCUT2D eigenvalue weighted by Gasteiger charge is 2.33. The first kappa shape index (κ1) is 14.3. The van der Waals surface area contributed by atoms with Gasteiger partial charge in [-0.05, 0) is 31.4 Å². The molecule has 19 heavy (non-hydrogen) atoms. The maximum Gasteiger partial charge on any atom is 0.0478 e. The average Bonchev–Trinajstić information content (AvgIpc) is 3.27. The van der Waals surface area contributed by atoms with Crippen molar-refractivity contribution in [2.75, 3.05) is 19.6 Å². The molecular formula is C17H26N2. The summed E-state index contributed by atoms with van der Waals surface area (Å²) in [6, 6.07) is 12.1. The zero-order valence-corrected chi connectivity index (χ0v) is 12.0. The van der Waals surface area contributed by atoms with E-state index in [1.807, 2.05) is 6.08 Å². The maximum atomic E-state index is 3.92. The van der Waals surface area contributed by atoms with Gasteiger partial charge in [0.15, 0.2) is 0 Å². The van der Waals surface area contributed by atoms with Gasteiger partial charge in [0, 0.05) is 25.2 Å². The number of hydrogen-bond donors (Lipinski definition) is 1. The molecule has 0 radical (unpaired) electrons. The predicted octanol–water partition coefficient (Wildman–Crippen LogP) is 3.38. The molecule has 1 aromatic rings. The van der Waals surface area contributed by atoms with Crippen LogP contribution in [0, 0.1) is 0 Å². The Labute approximate surface area is 117 Å². The molecule has 1 unspecified atom stereocenters. The molecule has 1 aliphatic rings. The van der Waals surface area contributed by atoms with Gasteiger partial charge in [0.1, 0.15) is 0 Å². The number of hydrogen-bond acceptors (Lipinski definition) is 2. The van der Waals surface area contributed by atoms with Crippen molar-refractivity contribution in [2.24, 2.45) is 0 Å². The molecule has 1 aliphatic carbocycles.